The smallest absolute Gasteiger partial charge is 0.248 e. The molecule has 1 fully saturated rings. The van der Waals surface area contributed by atoms with Gasteiger partial charge in [-0.1, -0.05) is 55.3 Å². The minimum absolute atomic E-state index is 0.182. The molecule has 0 aromatic heterocycles. The van der Waals surface area contributed by atoms with Gasteiger partial charge in [0, 0.05) is 11.6 Å². The van der Waals surface area contributed by atoms with Crippen molar-refractivity contribution in [2.45, 2.75) is 44.6 Å². The van der Waals surface area contributed by atoms with Crippen LogP contribution in [0.2, 0.25) is 0 Å². The maximum Gasteiger partial charge on any atom is 0.248 e. The highest BCUT2D eigenvalue weighted by Gasteiger charge is 2.30. The minimum Gasteiger partial charge on any atom is -0.366 e. The fraction of sp³-hybridized carbons (Fsp3) is 0.393. The van der Waals surface area contributed by atoms with Crippen LogP contribution in [0.3, 0.4) is 0 Å². The number of hydrogen-bond acceptors (Lipinski definition) is 2. The van der Waals surface area contributed by atoms with Crippen molar-refractivity contribution < 1.29 is 9.18 Å². The van der Waals surface area contributed by atoms with E-state index in [1.54, 1.807) is 12.1 Å². The first-order valence-electron chi connectivity index (χ1n) is 11.7. The van der Waals surface area contributed by atoms with Gasteiger partial charge in [0.25, 0.3) is 0 Å². The molecule has 1 unspecified atom stereocenters. The quantitative estimate of drug-likeness (QED) is 0.489. The van der Waals surface area contributed by atoms with E-state index in [0.717, 1.165) is 29.2 Å². The second-order valence-electron chi connectivity index (χ2n) is 9.46. The summed E-state index contributed by atoms with van der Waals surface area (Å²) in [6, 6.07) is 19.4. The molecule has 1 atom stereocenters. The van der Waals surface area contributed by atoms with Crippen LogP contribution < -0.4 is 5.73 Å². The van der Waals surface area contributed by atoms with Crippen LogP contribution in [0.25, 0.3) is 10.8 Å². The average Bonchev–Trinajstić information content (AvgIpc) is 2.79. The number of fused-ring (bicyclic) bond motifs is 1. The van der Waals surface area contributed by atoms with E-state index in [1.165, 1.54) is 31.2 Å². The maximum absolute atomic E-state index is 13.4. The van der Waals surface area contributed by atoms with Gasteiger partial charge in [0.1, 0.15) is 5.82 Å². The molecule has 1 amide bonds. The van der Waals surface area contributed by atoms with Crippen molar-refractivity contribution in [1.82, 2.24) is 4.90 Å². The number of halogens is 1. The normalized spacial score (nSPS) is 19.9. The van der Waals surface area contributed by atoms with Crippen molar-refractivity contribution in [2.75, 3.05) is 14.1 Å². The summed E-state index contributed by atoms with van der Waals surface area (Å²) in [6.45, 7) is 0. The molecule has 2 N–H and O–H groups in total. The first-order chi connectivity index (χ1) is 15.4. The van der Waals surface area contributed by atoms with E-state index in [4.69, 9.17) is 5.73 Å². The van der Waals surface area contributed by atoms with Gasteiger partial charge in [0.2, 0.25) is 5.91 Å². The molecule has 0 saturated heterocycles. The molecule has 1 aliphatic carbocycles. The van der Waals surface area contributed by atoms with Crippen LogP contribution in [0.5, 0.6) is 0 Å². The number of hydrogen-bond donors (Lipinski definition) is 1. The Morgan fingerprint density at radius 3 is 2.34 bits per heavy atom. The minimum atomic E-state index is -0.345. The van der Waals surface area contributed by atoms with Gasteiger partial charge < -0.3 is 10.6 Å². The van der Waals surface area contributed by atoms with Gasteiger partial charge in [-0.15, -0.1) is 0 Å². The predicted molar refractivity (Wildman–Crippen MR) is 129 cm³/mol. The number of amides is 1. The second kappa shape index (κ2) is 9.83. The Bertz CT molecular complexity index is 1070. The number of carbonyl (C=O) groups excluding carboxylic acids is 1. The lowest BCUT2D eigenvalue weighted by molar-refractivity contribution is 0.0999. The van der Waals surface area contributed by atoms with Gasteiger partial charge in [0.05, 0.1) is 0 Å². The molecule has 0 heterocycles. The summed E-state index contributed by atoms with van der Waals surface area (Å²) in [7, 11) is 4.23. The van der Waals surface area contributed by atoms with Gasteiger partial charge in [-0.3, -0.25) is 4.79 Å². The third-order valence-electron chi connectivity index (χ3n) is 7.21. The van der Waals surface area contributed by atoms with E-state index >= 15 is 0 Å². The molecular formula is C28H33FN2O. The van der Waals surface area contributed by atoms with Crippen LogP contribution in [0.15, 0.2) is 60.7 Å². The van der Waals surface area contributed by atoms with Crippen molar-refractivity contribution in [3.05, 3.63) is 83.2 Å². The summed E-state index contributed by atoms with van der Waals surface area (Å²) < 4.78 is 13.4. The molecular weight excluding hydrogens is 399 g/mol. The number of aryl methyl sites for hydroxylation is 1. The monoisotopic (exact) mass is 432 g/mol. The second-order valence-corrected chi connectivity index (χ2v) is 9.46. The summed E-state index contributed by atoms with van der Waals surface area (Å²) in [4.78, 5) is 14.3. The van der Waals surface area contributed by atoms with Gasteiger partial charge >= 0.3 is 0 Å². The highest BCUT2D eigenvalue weighted by atomic mass is 19.1. The maximum atomic E-state index is 13.4. The summed E-state index contributed by atoms with van der Waals surface area (Å²) in [5.41, 5.74) is 8.63. The van der Waals surface area contributed by atoms with Crippen molar-refractivity contribution >= 4 is 16.7 Å². The van der Waals surface area contributed by atoms with E-state index < -0.39 is 0 Å². The Balaban J connectivity index is 1.43. The Morgan fingerprint density at radius 2 is 1.69 bits per heavy atom. The summed E-state index contributed by atoms with van der Waals surface area (Å²) in [6.07, 6.45) is 6.67. The third-order valence-corrected chi connectivity index (χ3v) is 7.21. The van der Waals surface area contributed by atoms with Gasteiger partial charge in [-0.2, -0.15) is 0 Å². The standard InChI is InChI=1S/C28H33FN2O/c1-31(2)27(22-12-15-23(29)16-13-22)21-10-7-19(8-11-21)9-17-25-24-6-4-3-5-20(24)14-18-26(25)28(30)32/h3-6,12-16,18-19,21,27H,7-11,17H2,1-2H3,(H2,30,32). The Morgan fingerprint density at radius 1 is 1.00 bits per heavy atom. The zero-order valence-electron chi connectivity index (χ0n) is 19.1. The Kier molecular flexibility index (Phi) is 6.90. The molecule has 3 nitrogen and oxygen atoms in total. The van der Waals surface area contributed by atoms with Crippen LogP contribution in [0.4, 0.5) is 4.39 Å². The number of nitrogens with two attached hydrogens (primary N) is 1. The summed E-state index contributed by atoms with van der Waals surface area (Å²) in [5.74, 6) is 0.703. The Hall–Kier alpha value is -2.72. The zero-order chi connectivity index (χ0) is 22.7. The molecule has 168 valence electrons. The summed E-state index contributed by atoms with van der Waals surface area (Å²) in [5, 5.41) is 2.30. The average molecular weight is 433 g/mol. The van der Waals surface area contributed by atoms with Gasteiger partial charge in [0.15, 0.2) is 0 Å². The highest BCUT2D eigenvalue weighted by Crippen LogP contribution is 2.41. The van der Waals surface area contributed by atoms with Crippen LogP contribution in [-0.4, -0.2) is 24.9 Å². The van der Waals surface area contributed by atoms with Crippen LogP contribution >= 0.6 is 0 Å². The highest BCUT2D eigenvalue weighted by molar-refractivity contribution is 6.00. The fourth-order valence-corrected chi connectivity index (χ4v) is 5.63. The lowest BCUT2D eigenvalue weighted by atomic mass is 9.74. The lowest BCUT2D eigenvalue weighted by Gasteiger charge is -2.37. The van der Waals surface area contributed by atoms with E-state index in [9.17, 15) is 9.18 Å². The van der Waals surface area contributed by atoms with Gasteiger partial charge in [-0.25, -0.2) is 4.39 Å². The first-order valence-corrected chi connectivity index (χ1v) is 11.7. The number of primary amides is 1. The molecule has 0 aliphatic heterocycles. The van der Waals surface area contributed by atoms with Crippen molar-refractivity contribution in [1.29, 1.82) is 0 Å². The van der Waals surface area contributed by atoms with E-state index in [2.05, 4.69) is 31.1 Å². The van der Waals surface area contributed by atoms with Gasteiger partial charge in [-0.05, 0) is 91.7 Å². The first kappa shape index (κ1) is 22.5. The topological polar surface area (TPSA) is 46.3 Å². The number of carbonyl (C=O) groups is 1. The van der Waals surface area contributed by atoms with Crippen LogP contribution in [0.1, 0.15) is 59.6 Å². The molecule has 1 saturated carbocycles. The lowest BCUT2D eigenvalue weighted by Crippen LogP contribution is -2.30. The number of nitrogens with zero attached hydrogens (tertiary/aromatic N) is 1. The zero-order valence-corrected chi connectivity index (χ0v) is 19.1. The largest absolute Gasteiger partial charge is 0.366 e. The van der Waals surface area contributed by atoms with E-state index in [1.807, 2.05) is 36.4 Å². The Labute approximate surface area is 190 Å². The van der Waals surface area contributed by atoms with Crippen molar-refractivity contribution in [3.8, 4) is 0 Å². The molecule has 3 aromatic carbocycles. The molecule has 4 rings (SSSR count). The third kappa shape index (κ3) is 4.86. The molecule has 3 aromatic rings. The number of rotatable bonds is 7. The molecule has 4 heteroatoms. The SMILES string of the molecule is CN(C)C(c1ccc(F)cc1)C1CCC(CCc2c(C(N)=O)ccc3ccccc23)CC1. The van der Waals surface area contributed by atoms with E-state index in [0.29, 0.717) is 23.4 Å². The molecule has 32 heavy (non-hydrogen) atoms. The van der Waals surface area contributed by atoms with Crippen molar-refractivity contribution in [3.63, 3.8) is 0 Å². The fourth-order valence-electron chi connectivity index (χ4n) is 5.63. The number of benzene rings is 3. The molecule has 0 bridgehead atoms. The molecule has 0 spiro atoms. The molecule has 0 radical (unpaired) electrons. The van der Waals surface area contributed by atoms with E-state index in [-0.39, 0.29) is 11.7 Å². The summed E-state index contributed by atoms with van der Waals surface area (Å²) >= 11 is 0. The predicted octanol–water partition coefficient (Wildman–Crippen LogP) is 6.12. The van der Waals surface area contributed by atoms with Crippen molar-refractivity contribution in [2.24, 2.45) is 17.6 Å². The van der Waals surface area contributed by atoms with Crippen LogP contribution in [0, 0.1) is 17.7 Å². The molecule has 1 aliphatic rings. The van der Waals surface area contributed by atoms with Crippen LogP contribution in [-0.2, 0) is 6.42 Å².